The molecule has 0 amide bonds. The van der Waals surface area contributed by atoms with Crippen LogP contribution in [-0.2, 0) is 0 Å². The predicted molar refractivity (Wildman–Crippen MR) is 58.4 cm³/mol. The van der Waals surface area contributed by atoms with Gasteiger partial charge in [0.25, 0.3) is 0 Å². The fraction of sp³-hybridized carbons (Fsp3) is 0.500. The molecule has 0 fully saturated rings. The number of nitrogens with two attached hydrogens (primary N) is 1. The smallest absolute Gasteiger partial charge is 0.152 e. The lowest BCUT2D eigenvalue weighted by Gasteiger charge is -2.22. The summed E-state index contributed by atoms with van der Waals surface area (Å²) >= 11 is 0. The van der Waals surface area contributed by atoms with E-state index in [1.165, 1.54) is 0 Å². The molecule has 1 rings (SSSR count). The van der Waals surface area contributed by atoms with Gasteiger partial charge < -0.3 is 15.7 Å². The molecule has 3 N–H and O–H groups in total. The van der Waals surface area contributed by atoms with Crippen molar-refractivity contribution in [2.45, 2.75) is 13.8 Å². The topological polar surface area (TPSA) is 62.4 Å². The number of nitrogen functional groups attached to an aromatic ring is 1. The van der Waals surface area contributed by atoms with Crippen LogP contribution in [0.3, 0.4) is 0 Å². The van der Waals surface area contributed by atoms with Gasteiger partial charge >= 0.3 is 0 Å². The number of rotatable bonds is 4. The minimum absolute atomic E-state index is 0.114. The summed E-state index contributed by atoms with van der Waals surface area (Å²) < 4.78 is 0. The molecule has 78 valence electrons. The van der Waals surface area contributed by atoms with Gasteiger partial charge in [-0.25, -0.2) is 4.98 Å². The van der Waals surface area contributed by atoms with Crippen LogP contribution in [-0.4, -0.2) is 29.8 Å². The van der Waals surface area contributed by atoms with Crippen molar-refractivity contribution in [3.8, 4) is 0 Å². The number of aliphatic hydroxyl groups is 1. The van der Waals surface area contributed by atoms with Crippen molar-refractivity contribution in [1.29, 1.82) is 0 Å². The fourth-order valence-electron chi connectivity index (χ4n) is 1.34. The van der Waals surface area contributed by atoms with Crippen molar-refractivity contribution in [2.75, 3.05) is 30.3 Å². The highest BCUT2D eigenvalue weighted by Gasteiger charge is 2.09. The van der Waals surface area contributed by atoms with Gasteiger partial charge in [0.1, 0.15) is 0 Å². The average molecular weight is 195 g/mol. The van der Waals surface area contributed by atoms with E-state index >= 15 is 0 Å². The van der Waals surface area contributed by atoms with E-state index in [4.69, 9.17) is 10.8 Å². The molecule has 0 aliphatic heterocycles. The molecule has 14 heavy (non-hydrogen) atoms. The zero-order valence-electron chi connectivity index (χ0n) is 8.70. The number of hydrogen-bond donors (Lipinski definition) is 2. The zero-order chi connectivity index (χ0) is 10.6. The minimum Gasteiger partial charge on any atom is -0.396 e. The van der Waals surface area contributed by atoms with Crippen molar-refractivity contribution in [3.05, 3.63) is 17.8 Å². The first kappa shape index (κ1) is 10.8. The molecular formula is C10H17N3O. The molecule has 0 saturated carbocycles. The van der Waals surface area contributed by atoms with Crippen LogP contribution >= 0.6 is 0 Å². The summed E-state index contributed by atoms with van der Waals surface area (Å²) in [5.74, 6) is 0.765. The Balaban J connectivity index is 2.97. The third-order valence-corrected chi connectivity index (χ3v) is 2.24. The zero-order valence-corrected chi connectivity index (χ0v) is 8.70. The van der Waals surface area contributed by atoms with Gasteiger partial charge in [0, 0.05) is 19.3 Å². The molecule has 1 heterocycles. The SMILES string of the molecule is CCN(CCO)c1nccc(C)c1N. The lowest BCUT2D eigenvalue weighted by atomic mass is 10.2. The number of likely N-dealkylation sites (N-methyl/N-ethyl adjacent to an activating group) is 1. The maximum Gasteiger partial charge on any atom is 0.152 e. The molecule has 0 aliphatic carbocycles. The normalized spacial score (nSPS) is 10.2. The molecule has 4 nitrogen and oxygen atoms in total. The number of nitrogens with zero attached hydrogens (tertiary/aromatic N) is 2. The second-order valence-electron chi connectivity index (χ2n) is 3.17. The number of aliphatic hydroxyl groups excluding tert-OH is 1. The molecule has 0 atom stereocenters. The quantitative estimate of drug-likeness (QED) is 0.745. The van der Waals surface area contributed by atoms with Crippen molar-refractivity contribution in [1.82, 2.24) is 4.98 Å². The second kappa shape index (κ2) is 4.81. The molecule has 1 aromatic heterocycles. The van der Waals surface area contributed by atoms with E-state index in [1.807, 2.05) is 24.8 Å². The Labute approximate surface area is 84.4 Å². The van der Waals surface area contributed by atoms with E-state index in [9.17, 15) is 0 Å². The number of aromatic nitrogens is 1. The minimum atomic E-state index is 0.114. The Morgan fingerprint density at radius 2 is 2.29 bits per heavy atom. The van der Waals surface area contributed by atoms with Gasteiger partial charge in [0.15, 0.2) is 5.82 Å². The van der Waals surface area contributed by atoms with Crippen LogP contribution in [0.2, 0.25) is 0 Å². The lowest BCUT2D eigenvalue weighted by molar-refractivity contribution is 0.302. The van der Waals surface area contributed by atoms with Crippen LogP contribution in [0, 0.1) is 6.92 Å². The van der Waals surface area contributed by atoms with Gasteiger partial charge in [0.05, 0.1) is 12.3 Å². The maximum absolute atomic E-state index is 8.88. The van der Waals surface area contributed by atoms with Crippen LogP contribution in [0.1, 0.15) is 12.5 Å². The number of pyridine rings is 1. The summed E-state index contributed by atoms with van der Waals surface area (Å²) in [5.41, 5.74) is 7.62. The summed E-state index contributed by atoms with van der Waals surface area (Å²) in [5, 5.41) is 8.88. The number of aryl methyl sites for hydroxylation is 1. The van der Waals surface area contributed by atoms with Crippen LogP contribution in [0.15, 0.2) is 12.3 Å². The van der Waals surface area contributed by atoms with Gasteiger partial charge in [-0.3, -0.25) is 0 Å². The Morgan fingerprint density at radius 1 is 1.57 bits per heavy atom. The predicted octanol–water partition coefficient (Wildman–Crippen LogP) is 0.791. The highest BCUT2D eigenvalue weighted by molar-refractivity contribution is 5.66. The Morgan fingerprint density at radius 3 is 2.86 bits per heavy atom. The monoisotopic (exact) mass is 195 g/mol. The van der Waals surface area contributed by atoms with Crippen molar-refractivity contribution < 1.29 is 5.11 Å². The highest BCUT2D eigenvalue weighted by atomic mass is 16.3. The first-order valence-corrected chi connectivity index (χ1v) is 4.77. The Bertz CT molecular complexity index is 301. The molecule has 0 aromatic carbocycles. The van der Waals surface area contributed by atoms with Gasteiger partial charge in [-0.05, 0) is 25.5 Å². The molecule has 0 spiro atoms. The maximum atomic E-state index is 8.88. The largest absolute Gasteiger partial charge is 0.396 e. The van der Waals surface area contributed by atoms with E-state index in [2.05, 4.69) is 4.98 Å². The Kier molecular flexibility index (Phi) is 3.71. The van der Waals surface area contributed by atoms with Crippen molar-refractivity contribution >= 4 is 11.5 Å². The van der Waals surface area contributed by atoms with Crippen LogP contribution in [0.5, 0.6) is 0 Å². The van der Waals surface area contributed by atoms with E-state index in [0.717, 1.165) is 17.9 Å². The molecular weight excluding hydrogens is 178 g/mol. The number of hydrogen-bond acceptors (Lipinski definition) is 4. The van der Waals surface area contributed by atoms with Gasteiger partial charge in [-0.2, -0.15) is 0 Å². The average Bonchev–Trinajstić information content (AvgIpc) is 2.19. The third-order valence-electron chi connectivity index (χ3n) is 2.24. The molecule has 1 aromatic rings. The first-order chi connectivity index (χ1) is 6.70. The fourth-order valence-corrected chi connectivity index (χ4v) is 1.34. The third kappa shape index (κ3) is 2.14. The number of anilines is 2. The summed E-state index contributed by atoms with van der Waals surface area (Å²) in [7, 11) is 0. The van der Waals surface area contributed by atoms with Crippen molar-refractivity contribution in [3.63, 3.8) is 0 Å². The van der Waals surface area contributed by atoms with E-state index in [-0.39, 0.29) is 6.61 Å². The molecule has 0 saturated heterocycles. The summed E-state index contributed by atoms with van der Waals surface area (Å²) in [6, 6.07) is 1.88. The van der Waals surface area contributed by atoms with E-state index in [0.29, 0.717) is 12.2 Å². The van der Waals surface area contributed by atoms with Crippen LogP contribution in [0.25, 0.3) is 0 Å². The van der Waals surface area contributed by atoms with E-state index < -0.39 is 0 Å². The Hall–Kier alpha value is -1.29. The lowest BCUT2D eigenvalue weighted by Crippen LogP contribution is -2.28. The van der Waals surface area contributed by atoms with Crippen LogP contribution in [0.4, 0.5) is 11.5 Å². The molecule has 0 bridgehead atoms. The first-order valence-electron chi connectivity index (χ1n) is 4.77. The van der Waals surface area contributed by atoms with Gasteiger partial charge in [-0.15, -0.1) is 0 Å². The summed E-state index contributed by atoms with van der Waals surface area (Å²) in [6.45, 7) is 5.44. The van der Waals surface area contributed by atoms with Crippen molar-refractivity contribution in [2.24, 2.45) is 0 Å². The summed E-state index contributed by atoms with van der Waals surface area (Å²) in [4.78, 5) is 6.18. The van der Waals surface area contributed by atoms with Gasteiger partial charge in [0.2, 0.25) is 0 Å². The summed E-state index contributed by atoms with van der Waals surface area (Å²) in [6.07, 6.45) is 1.74. The van der Waals surface area contributed by atoms with E-state index in [1.54, 1.807) is 6.20 Å². The van der Waals surface area contributed by atoms with Gasteiger partial charge in [-0.1, -0.05) is 0 Å². The molecule has 0 aliphatic rings. The highest BCUT2D eigenvalue weighted by Crippen LogP contribution is 2.22. The molecule has 4 heteroatoms. The molecule has 0 unspecified atom stereocenters. The molecule has 0 radical (unpaired) electrons. The standard InChI is InChI=1S/C10H17N3O/c1-3-13(6-7-14)10-9(11)8(2)4-5-12-10/h4-5,14H,3,6-7,11H2,1-2H3. The van der Waals surface area contributed by atoms with Crippen LogP contribution < -0.4 is 10.6 Å². The second-order valence-corrected chi connectivity index (χ2v) is 3.17.